The van der Waals surface area contributed by atoms with E-state index in [0.717, 1.165) is 25.0 Å². The first-order valence-corrected chi connectivity index (χ1v) is 5.13. The second kappa shape index (κ2) is 7.93. The van der Waals surface area contributed by atoms with Gasteiger partial charge in [0.15, 0.2) is 0 Å². The minimum absolute atomic E-state index is 0.415. The smallest absolute Gasteiger partial charge is 0.0301 e. The van der Waals surface area contributed by atoms with E-state index >= 15 is 0 Å². The SMILES string of the molecule is C#CCCCC(CSC)NN. The predicted molar refractivity (Wildman–Crippen MR) is 52.2 cm³/mol. The standard InChI is InChI=1S/C8H16N2S/c1-3-4-5-6-8(10-9)7-11-2/h1,8,10H,4-7,9H2,2H3. The molecule has 0 spiro atoms. The zero-order valence-corrected chi connectivity index (χ0v) is 7.79. The van der Waals surface area contributed by atoms with Crippen LogP contribution in [0.25, 0.3) is 0 Å². The zero-order chi connectivity index (χ0) is 8.53. The van der Waals surface area contributed by atoms with E-state index in [9.17, 15) is 0 Å². The highest BCUT2D eigenvalue weighted by Gasteiger charge is 2.03. The van der Waals surface area contributed by atoms with E-state index in [1.807, 2.05) is 0 Å². The number of nitrogens with two attached hydrogens (primary N) is 1. The molecule has 0 aliphatic heterocycles. The molecule has 1 unspecified atom stereocenters. The van der Waals surface area contributed by atoms with Gasteiger partial charge in [0.05, 0.1) is 0 Å². The van der Waals surface area contributed by atoms with E-state index in [2.05, 4.69) is 17.6 Å². The number of hydrazine groups is 1. The van der Waals surface area contributed by atoms with Gasteiger partial charge in [-0.3, -0.25) is 11.3 Å². The van der Waals surface area contributed by atoms with Crippen molar-refractivity contribution in [1.29, 1.82) is 0 Å². The third-order valence-electron chi connectivity index (χ3n) is 1.48. The van der Waals surface area contributed by atoms with Crippen molar-refractivity contribution in [3.05, 3.63) is 0 Å². The fraction of sp³-hybridized carbons (Fsp3) is 0.750. The number of hydrogen-bond acceptors (Lipinski definition) is 3. The van der Waals surface area contributed by atoms with Gasteiger partial charge in [0, 0.05) is 18.2 Å². The summed E-state index contributed by atoms with van der Waals surface area (Å²) in [7, 11) is 0. The van der Waals surface area contributed by atoms with Crippen LogP contribution in [0, 0.1) is 12.3 Å². The van der Waals surface area contributed by atoms with Crippen molar-refractivity contribution in [2.45, 2.75) is 25.3 Å². The Kier molecular flexibility index (Phi) is 7.81. The van der Waals surface area contributed by atoms with Gasteiger partial charge in [0.25, 0.3) is 0 Å². The molecule has 0 aromatic rings. The second-order valence-electron chi connectivity index (χ2n) is 2.42. The highest BCUT2D eigenvalue weighted by molar-refractivity contribution is 7.98. The minimum Gasteiger partial charge on any atom is -0.271 e. The molecule has 64 valence electrons. The molecule has 0 fully saturated rings. The molecule has 11 heavy (non-hydrogen) atoms. The maximum atomic E-state index is 5.33. The maximum absolute atomic E-state index is 5.33. The zero-order valence-electron chi connectivity index (χ0n) is 6.97. The average molecular weight is 172 g/mol. The van der Waals surface area contributed by atoms with E-state index < -0.39 is 0 Å². The van der Waals surface area contributed by atoms with Gasteiger partial charge in [-0.2, -0.15) is 11.8 Å². The summed E-state index contributed by atoms with van der Waals surface area (Å²) in [6, 6.07) is 0.415. The number of terminal acetylenes is 1. The number of hydrogen-bond donors (Lipinski definition) is 2. The van der Waals surface area contributed by atoms with Crippen molar-refractivity contribution in [2.75, 3.05) is 12.0 Å². The van der Waals surface area contributed by atoms with Gasteiger partial charge in [-0.1, -0.05) is 0 Å². The molecule has 3 heteroatoms. The number of rotatable bonds is 6. The molecular weight excluding hydrogens is 156 g/mol. The normalized spacial score (nSPS) is 12.5. The summed E-state index contributed by atoms with van der Waals surface area (Å²) in [5.74, 6) is 9.00. The lowest BCUT2D eigenvalue weighted by Crippen LogP contribution is -2.36. The Labute approximate surface area is 73.3 Å². The van der Waals surface area contributed by atoms with Crippen molar-refractivity contribution < 1.29 is 0 Å². The molecule has 1 atom stereocenters. The lowest BCUT2D eigenvalue weighted by Gasteiger charge is -2.12. The van der Waals surface area contributed by atoms with Crippen LogP contribution in [0.3, 0.4) is 0 Å². The van der Waals surface area contributed by atoms with E-state index in [1.54, 1.807) is 11.8 Å². The van der Waals surface area contributed by atoms with E-state index in [1.165, 1.54) is 0 Å². The van der Waals surface area contributed by atoms with Crippen LogP contribution in [0.2, 0.25) is 0 Å². The number of thioether (sulfide) groups is 1. The van der Waals surface area contributed by atoms with Crippen LogP contribution >= 0.6 is 11.8 Å². The van der Waals surface area contributed by atoms with Crippen LogP contribution in [-0.4, -0.2) is 18.1 Å². The van der Waals surface area contributed by atoms with Crippen molar-refractivity contribution in [3.8, 4) is 12.3 Å². The van der Waals surface area contributed by atoms with Gasteiger partial charge in [0.2, 0.25) is 0 Å². The van der Waals surface area contributed by atoms with Gasteiger partial charge in [-0.05, 0) is 19.1 Å². The highest BCUT2D eigenvalue weighted by Crippen LogP contribution is 2.04. The quantitative estimate of drug-likeness (QED) is 0.271. The third-order valence-corrected chi connectivity index (χ3v) is 2.21. The molecule has 0 saturated carbocycles. The van der Waals surface area contributed by atoms with Gasteiger partial charge in [0.1, 0.15) is 0 Å². The fourth-order valence-corrected chi connectivity index (χ4v) is 1.53. The Morgan fingerprint density at radius 2 is 2.45 bits per heavy atom. The topological polar surface area (TPSA) is 38.0 Å². The molecule has 0 rings (SSSR count). The van der Waals surface area contributed by atoms with E-state index in [4.69, 9.17) is 12.3 Å². The van der Waals surface area contributed by atoms with E-state index in [-0.39, 0.29) is 0 Å². The maximum Gasteiger partial charge on any atom is 0.0301 e. The lowest BCUT2D eigenvalue weighted by atomic mass is 10.1. The number of unbranched alkanes of at least 4 members (excludes halogenated alkanes) is 1. The Morgan fingerprint density at radius 1 is 1.73 bits per heavy atom. The van der Waals surface area contributed by atoms with Gasteiger partial charge in [-0.15, -0.1) is 12.3 Å². The summed E-state index contributed by atoms with van der Waals surface area (Å²) in [5, 5.41) is 0. The molecule has 0 aromatic heterocycles. The van der Waals surface area contributed by atoms with Crippen molar-refractivity contribution in [1.82, 2.24) is 5.43 Å². The molecule has 0 saturated heterocycles. The molecule has 3 N–H and O–H groups in total. The van der Waals surface area contributed by atoms with Gasteiger partial charge in [-0.25, -0.2) is 0 Å². The summed E-state index contributed by atoms with van der Waals surface area (Å²) < 4.78 is 0. The Balaban J connectivity index is 3.29. The van der Waals surface area contributed by atoms with Crippen molar-refractivity contribution in [2.24, 2.45) is 5.84 Å². The average Bonchev–Trinajstić information content (AvgIpc) is 2.03. The molecule has 2 nitrogen and oxygen atoms in total. The van der Waals surface area contributed by atoms with Gasteiger partial charge >= 0.3 is 0 Å². The summed E-state index contributed by atoms with van der Waals surface area (Å²) in [6.45, 7) is 0. The third kappa shape index (κ3) is 6.24. The van der Waals surface area contributed by atoms with Crippen LogP contribution in [0.4, 0.5) is 0 Å². The molecule has 0 aliphatic rings. The molecule has 0 bridgehead atoms. The molecule has 0 amide bonds. The molecule has 0 aliphatic carbocycles. The van der Waals surface area contributed by atoms with E-state index in [0.29, 0.717) is 6.04 Å². The van der Waals surface area contributed by atoms with Crippen molar-refractivity contribution >= 4 is 11.8 Å². The minimum atomic E-state index is 0.415. The lowest BCUT2D eigenvalue weighted by molar-refractivity contribution is 0.524. The van der Waals surface area contributed by atoms with Crippen LogP contribution < -0.4 is 11.3 Å². The largest absolute Gasteiger partial charge is 0.271 e. The summed E-state index contributed by atoms with van der Waals surface area (Å²) in [5.41, 5.74) is 2.77. The monoisotopic (exact) mass is 172 g/mol. The van der Waals surface area contributed by atoms with Crippen LogP contribution in [0.1, 0.15) is 19.3 Å². The first kappa shape index (κ1) is 10.8. The number of nitrogens with one attached hydrogen (secondary N) is 1. The fourth-order valence-electron chi connectivity index (χ4n) is 0.866. The molecule has 0 aromatic carbocycles. The highest BCUT2D eigenvalue weighted by atomic mass is 32.2. The van der Waals surface area contributed by atoms with Crippen LogP contribution in [0.15, 0.2) is 0 Å². The van der Waals surface area contributed by atoms with Crippen LogP contribution in [0.5, 0.6) is 0 Å². The summed E-state index contributed by atoms with van der Waals surface area (Å²) in [4.78, 5) is 0. The van der Waals surface area contributed by atoms with Crippen LogP contribution in [-0.2, 0) is 0 Å². The van der Waals surface area contributed by atoms with Gasteiger partial charge < -0.3 is 0 Å². The summed E-state index contributed by atoms with van der Waals surface area (Å²) >= 11 is 1.80. The van der Waals surface area contributed by atoms with Crippen molar-refractivity contribution in [3.63, 3.8) is 0 Å². The Hall–Kier alpha value is -0.170. The molecular formula is C8H16N2S. The first-order valence-electron chi connectivity index (χ1n) is 3.73. The summed E-state index contributed by atoms with van der Waals surface area (Å²) in [6.07, 6.45) is 10.2. The molecule has 0 radical (unpaired) electrons. The molecule has 0 heterocycles. The Bertz CT molecular complexity index is 120. The first-order chi connectivity index (χ1) is 5.35. The second-order valence-corrected chi connectivity index (χ2v) is 3.33. The Morgan fingerprint density at radius 3 is 2.91 bits per heavy atom. The predicted octanol–water partition coefficient (Wildman–Crippen LogP) is 0.985.